The van der Waals surface area contributed by atoms with Crippen LogP contribution in [0.25, 0.3) is 11.0 Å². The first-order valence-corrected chi connectivity index (χ1v) is 6.85. The summed E-state index contributed by atoms with van der Waals surface area (Å²) in [6.45, 7) is 2.29. The maximum absolute atomic E-state index is 11.2. The van der Waals surface area contributed by atoms with E-state index in [0.717, 1.165) is 24.3 Å². The number of hydrogen-bond acceptors (Lipinski definition) is 2. The van der Waals surface area contributed by atoms with E-state index in [1.54, 1.807) is 18.5 Å². The van der Waals surface area contributed by atoms with Crippen molar-refractivity contribution in [3.63, 3.8) is 0 Å². The minimum absolute atomic E-state index is 0.292. The number of carboxylic acids is 1. The summed E-state index contributed by atoms with van der Waals surface area (Å²) in [7, 11) is 0. The van der Waals surface area contributed by atoms with Crippen molar-refractivity contribution in [3.8, 4) is 0 Å². The van der Waals surface area contributed by atoms with E-state index in [1.807, 2.05) is 6.07 Å². The molecule has 1 aliphatic rings. The van der Waals surface area contributed by atoms with E-state index in [9.17, 15) is 9.90 Å². The fourth-order valence-corrected chi connectivity index (χ4v) is 3.18. The molecular formula is C15H18N2O2. The van der Waals surface area contributed by atoms with E-state index in [0.29, 0.717) is 17.1 Å². The molecule has 1 N–H and O–H groups in total. The number of aromatic nitrogens is 2. The van der Waals surface area contributed by atoms with Gasteiger partial charge in [-0.15, -0.1) is 0 Å². The van der Waals surface area contributed by atoms with E-state index >= 15 is 0 Å². The quantitative estimate of drug-likeness (QED) is 0.897. The highest BCUT2D eigenvalue weighted by Crippen LogP contribution is 2.34. The molecule has 0 amide bonds. The van der Waals surface area contributed by atoms with Crippen LogP contribution in [0.1, 0.15) is 49.0 Å². The average molecular weight is 258 g/mol. The zero-order chi connectivity index (χ0) is 13.4. The maximum atomic E-state index is 11.2. The Kier molecular flexibility index (Phi) is 3.01. The molecule has 0 spiro atoms. The van der Waals surface area contributed by atoms with Crippen LogP contribution in [0, 0.1) is 5.92 Å². The van der Waals surface area contributed by atoms with Crippen molar-refractivity contribution in [2.75, 3.05) is 0 Å². The van der Waals surface area contributed by atoms with Crippen molar-refractivity contribution in [1.82, 2.24) is 9.55 Å². The molecule has 0 radical (unpaired) electrons. The molecule has 4 nitrogen and oxygen atoms in total. The van der Waals surface area contributed by atoms with Crippen LogP contribution in [0.2, 0.25) is 0 Å². The van der Waals surface area contributed by atoms with Gasteiger partial charge in [-0.05, 0) is 30.9 Å². The first kappa shape index (κ1) is 12.2. The lowest BCUT2D eigenvalue weighted by Gasteiger charge is -2.28. The predicted octanol–water partition coefficient (Wildman–Crippen LogP) is 3.49. The number of aromatic carboxylic acids is 1. The van der Waals surface area contributed by atoms with Gasteiger partial charge < -0.3 is 9.67 Å². The van der Waals surface area contributed by atoms with Crippen LogP contribution in [0.3, 0.4) is 0 Å². The summed E-state index contributed by atoms with van der Waals surface area (Å²) in [6.07, 6.45) is 6.66. The lowest BCUT2D eigenvalue weighted by atomic mass is 9.87. The van der Waals surface area contributed by atoms with E-state index in [4.69, 9.17) is 0 Å². The summed E-state index contributed by atoms with van der Waals surface area (Å²) in [5, 5.41) is 9.20. The number of fused-ring (bicyclic) bond motifs is 1. The topological polar surface area (TPSA) is 55.1 Å². The molecule has 1 aromatic carbocycles. The SMILES string of the molecule is CC1CCCC(n2cnc3c(C(=O)O)cccc32)C1. The first-order chi connectivity index (χ1) is 9.16. The Balaban J connectivity index is 2.05. The minimum Gasteiger partial charge on any atom is -0.478 e. The van der Waals surface area contributed by atoms with Crippen LogP contribution < -0.4 is 0 Å². The Morgan fingerprint density at radius 2 is 2.26 bits per heavy atom. The Morgan fingerprint density at radius 3 is 3.00 bits per heavy atom. The largest absolute Gasteiger partial charge is 0.478 e. The lowest BCUT2D eigenvalue weighted by Crippen LogP contribution is -2.17. The molecule has 1 aromatic heterocycles. The zero-order valence-corrected chi connectivity index (χ0v) is 11.0. The number of nitrogens with zero attached hydrogens (tertiary/aromatic N) is 2. The second kappa shape index (κ2) is 4.68. The van der Waals surface area contributed by atoms with Crippen LogP contribution in [-0.2, 0) is 0 Å². The van der Waals surface area contributed by atoms with E-state index < -0.39 is 5.97 Å². The highest BCUT2D eigenvalue weighted by Gasteiger charge is 2.22. The van der Waals surface area contributed by atoms with Crippen molar-refractivity contribution < 1.29 is 9.90 Å². The molecule has 3 rings (SSSR count). The summed E-state index contributed by atoms with van der Waals surface area (Å²) in [5.74, 6) is -0.174. The van der Waals surface area contributed by atoms with Crippen molar-refractivity contribution >= 4 is 17.0 Å². The van der Waals surface area contributed by atoms with Gasteiger partial charge in [0, 0.05) is 6.04 Å². The van der Waals surface area contributed by atoms with Crippen LogP contribution in [0.4, 0.5) is 0 Å². The third-order valence-corrected chi connectivity index (χ3v) is 4.14. The molecule has 0 saturated heterocycles. The lowest BCUT2D eigenvalue weighted by molar-refractivity contribution is 0.0699. The fraction of sp³-hybridized carbons (Fsp3) is 0.467. The van der Waals surface area contributed by atoms with Gasteiger partial charge in [0.25, 0.3) is 0 Å². The van der Waals surface area contributed by atoms with Gasteiger partial charge in [0.15, 0.2) is 0 Å². The molecular weight excluding hydrogens is 240 g/mol. The van der Waals surface area contributed by atoms with Gasteiger partial charge in [-0.1, -0.05) is 25.8 Å². The molecule has 0 aliphatic heterocycles. The molecule has 2 atom stereocenters. The zero-order valence-electron chi connectivity index (χ0n) is 11.0. The number of para-hydroxylation sites is 1. The molecule has 19 heavy (non-hydrogen) atoms. The van der Waals surface area contributed by atoms with E-state index in [-0.39, 0.29) is 0 Å². The molecule has 1 fully saturated rings. The van der Waals surface area contributed by atoms with Gasteiger partial charge in [0.1, 0.15) is 5.52 Å². The summed E-state index contributed by atoms with van der Waals surface area (Å²) in [4.78, 5) is 15.5. The summed E-state index contributed by atoms with van der Waals surface area (Å²) in [5.41, 5.74) is 1.84. The van der Waals surface area contributed by atoms with Crippen molar-refractivity contribution in [3.05, 3.63) is 30.1 Å². The number of hydrogen-bond donors (Lipinski definition) is 1. The normalized spacial score (nSPS) is 23.6. The third-order valence-electron chi connectivity index (χ3n) is 4.14. The fourth-order valence-electron chi connectivity index (χ4n) is 3.18. The van der Waals surface area contributed by atoms with Crippen LogP contribution in [0.15, 0.2) is 24.5 Å². The molecule has 100 valence electrons. The minimum atomic E-state index is -0.909. The molecule has 2 aromatic rings. The standard InChI is InChI=1S/C15H18N2O2/c1-10-4-2-5-11(8-10)17-9-16-14-12(15(18)19)6-3-7-13(14)17/h3,6-7,9-11H,2,4-5,8H2,1H3,(H,18,19). The van der Waals surface area contributed by atoms with Gasteiger partial charge in [-0.25, -0.2) is 9.78 Å². The number of imidazole rings is 1. The average Bonchev–Trinajstić information content (AvgIpc) is 2.82. The second-order valence-electron chi connectivity index (χ2n) is 5.56. The van der Waals surface area contributed by atoms with Gasteiger partial charge in [-0.3, -0.25) is 0 Å². The van der Waals surface area contributed by atoms with Crippen molar-refractivity contribution in [2.24, 2.45) is 5.92 Å². The smallest absolute Gasteiger partial charge is 0.337 e. The Hall–Kier alpha value is -1.84. The Labute approximate surface area is 112 Å². The predicted molar refractivity (Wildman–Crippen MR) is 73.4 cm³/mol. The van der Waals surface area contributed by atoms with E-state index in [1.165, 1.54) is 12.8 Å². The summed E-state index contributed by atoms with van der Waals surface area (Å²) >= 11 is 0. The number of benzene rings is 1. The van der Waals surface area contributed by atoms with Crippen molar-refractivity contribution in [1.29, 1.82) is 0 Å². The first-order valence-electron chi connectivity index (χ1n) is 6.85. The number of carboxylic acid groups (broad SMARTS) is 1. The number of carbonyl (C=O) groups is 1. The molecule has 4 heteroatoms. The monoisotopic (exact) mass is 258 g/mol. The van der Waals surface area contributed by atoms with Crippen LogP contribution in [0.5, 0.6) is 0 Å². The number of rotatable bonds is 2. The van der Waals surface area contributed by atoms with Gasteiger partial charge in [-0.2, -0.15) is 0 Å². The maximum Gasteiger partial charge on any atom is 0.337 e. The summed E-state index contributed by atoms with van der Waals surface area (Å²) < 4.78 is 2.16. The highest BCUT2D eigenvalue weighted by molar-refractivity contribution is 6.00. The Bertz CT molecular complexity index is 618. The third kappa shape index (κ3) is 2.11. The molecule has 1 saturated carbocycles. The van der Waals surface area contributed by atoms with Crippen LogP contribution >= 0.6 is 0 Å². The summed E-state index contributed by atoms with van der Waals surface area (Å²) in [6, 6.07) is 5.84. The van der Waals surface area contributed by atoms with Crippen LogP contribution in [-0.4, -0.2) is 20.6 Å². The molecule has 0 bridgehead atoms. The van der Waals surface area contributed by atoms with Gasteiger partial charge in [0.05, 0.1) is 17.4 Å². The van der Waals surface area contributed by atoms with Gasteiger partial charge in [0.2, 0.25) is 0 Å². The van der Waals surface area contributed by atoms with E-state index in [2.05, 4.69) is 16.5 Å². The Morgan fingerprint density at radius 1 is 1.42 bits per heavy atom. The second-order valence-corrected chi connectivity index (χ2v) is 5.56. The molecule has 1 heterocycles. The molecule has 1 aliphatic carbocycles. The molecule has 2 unspecified atom stereocenters. The van der Waals surface area contributed by atoms with Crippen molar-refractivity contribution in [2.45, 2.75) is 38.6 Å². The van der Waals surface area contributed by atoms with Gasteiger partial charge >= 0.3 is 5.97 Å². The highest BCUT2D eigenvalue weighted by atomic mass is 16.4.